The summed E-state index contributed by atoms with van der Waals surface area (Å²) in [6.07, 6.45) is 5.76. The molecule has 1 saturated heterocycles. The summed E-state index contributed by atoms with van der Waals surface area (Å²) in [6, 6.07) is 4.21. The van der Waals surface area contributed by atoms with Gasteiger partial charge in [0.1, 0.15) is 24.0 Å². The van der Waals surface area contributed by atoms with Crippen molar-refractivity contribution < 1.29 is 13.5 Å². The summed E-state index contributed by atoms with van der Waals surface area (Å²) in [5, 5.41) is 4.38. The summed E-state index contributed by atoms with van der Waals surface area (Å²) in [4.78, 5) is 9.07. The molecule has 3 aromatic rings. The van der Waals surface area contributed by atoms with E-state index in [1.165, 1.54) is 0 Å². The Morgan fingerprint density at radius 1 is 1.33 bits per heavy atom. The first-order valence-electron chi connectivity index (χ1n) is 10.0. The van der Waals surface area contributed by atoms with E-state index in [1.807, 2.05) is 0 Å². The summed E-state index contributed by atoms with van der Waals surface area (Å²) in [5.41, 5.74) is 8.68. The maximum atomic E-state index is 14.9. The van der Waals surface area contributed by atoms with Crippen molar-refractivity contribution in [3.63, 3.8) is 0 Å². The number of nitrogens with zero attached hydrogens (tertiary/aromatic N) is 3. The van der Waals surface area contributed by atoms with Crippen LogP contribution in [0.25, 0.3) is 21.9 Å². The number of ether oxygens (including phenoxy) is 1. The fourth-order valence-corrected chi connectivity index (χ4v) is 4.25. The van der Waals surface area contributed by atoms with E-state index in [9.17, 15) is 8.78 Å². The van der Waals surface area contributed by atoms with Crippen LogP contribution >= 0.6 is 11.6 Å². The second-order valence-corrected chi connectivity index (χ2v) is 8.41. The molecular formula is C21H22ClF2N5O. The van der Waals surface area contributed by atoms with Crippen LogP contribution in [-0.2, 0) is 11.3 Å². The number of nitrogens with two attached hydrogens (primary N) is 1. The Morgan fingerprint density at radius 3 is 2.93 bits per heavy atom. The van der Waals surface area contributed by atoms with Crippen LogP contribution in [0.2, 0.25) is 5.02 Å². The Balaban J connectivity index is 1.65. The molecule has 3 heterocycles. The zero-order valence-electron chi connectivity index (χ0n) is 16.2. The van der Waals surface area contributed by atoms with Crippen molar-refractivity contribution in [1.29, 1.82) is 0 Å². The molecule has 1 aliphatic carbocycles. The van der Waals surface area contributed by atoms with Gasteiger partial charge in [-0.2, -0.15) is 0 Å². The number of imidazole rings is 1. The van der Waals surface area contributed by atoms with Crippen molar-refractivity contribution >= 4 is 33.5 Å². The van der Waals surface area contributed by atoms with Crippen LogP contribution in [0.15, 0.2) is 36.3 Å². The molecule has 0 amide bonds. The molecule has 1 aromatic carbocycles. The Morgan fingerprint density at radius 2 is 2.17 bits per heavy atom. The topological polar surface area (TPSA) is 78.0 Å². The molecule has 2 aliphatic rings. The van der Waals surface area contributed by atoms with Gasteiger partial charge < -0.3 is 20.4 Å². The monoisotopic (exact) mass is 433 g/mol. The van der Waals surface area contributed by atoms with E-state index >= 15 is 0 Å². The van der Waals surface area contributed by atoms with Gasteiger partial charge in [-0.05, 0) is 43.4 Å². The largest absolute Gasteiger partial charge is 0.401 e. The average molecular weight is 434 g/mol. The lowest BCUT2D eigenvalue weighted by Crippen LogP contribution is -2.41. The molecular weight excluding hydrogens is 412 g/mol. The fraction of sp³-hybridized carbons (Fsp3) is 0.429. The predicted octanol–water partition coefficient (Wildman–Crippen LogP) is 4.13. The zero-order valence-corrected chi connectivity index (χ0v) is 17.0. The Bertz CT molecular complexity index is 1140. The minimum Gasteiger partial charge on any atom is -0.401 e. The van der Waals surface area contributed by atoms with E-state index < -0.39 is 18.6 Å². The van der Waals surface area contributed by atoms with Gasteiger partial charge in [-0.3, -0.25) is 4.98 Å². The molecule has 1 saturated carbocycles. The Kier molecular flexibility index (Phi) is 4.78. The number of rotatable bonds is 5. The molecule has 30 heavy (non-hydrogen) atoms. The van der Waals surface area contributed by atoms with Crippen molar-refractivity contribution in [1.82, 2.24) is 19.9 Å². The van der Waals surface area contributed by atoms with Crippen molar-refractivity contribution in [3.05, 3.63) is 47.1 Å². The molecule has 0 spiro atoms. The number of hydrogen-bond acceptors (Lipinski definition) is 5. The molecule has 9 heteroatoms. The van der Waals surface area contributed by atoms with Crippen molar-refractivity contribution in [3.8, 4) is 0 Å². The van der Waals surface area contributed by atoms with Gasteiger partial charge in [0.05, 0.1) is 23.8 Å². The number of nitrogens with one attached hydrogen (secondary N) is 1. The molecule has 1 aliphatic heterocycles. The normalized spacial score (nSPS) is 22.0. The van der Waals surface area contributed by atoms with E-state index in [2.05, 4.69) is 15.3 Å². The maximum Gasteiger partial charge on any atom is 0.291 e. The summed E-state index contributed by atoms with van der Waals surface area (Å²) in [5.74, 6) is -2.09. The van der Waals surface area contributed by atoms with E-state index in [0.29, 0.717) is 38.7 Å². The number of pyridine rings is 1. The number of alkyl halides is 2. The van der Waals surface area contributed by atoms with Gasteiger partial charge in [-0.25, -0.2) is 13.8 Å². The van der Waals surface area contributed by atoms with Gasteiger partial charge in [-0.15, -0.1) is 0 Å². The fourth-order valence-electron chi connectivity index (χ4n) is 4.08. The van der Waals surface area contributed by atoms with E-state index in [4.69, 9.17) is 22.1 Å². The smallest absolute Gasteiger partial charge is 0.291 e. The van der Waals surface area contributed by atoms with Gasteiger partial charge in [0.2, 0.25) is 0 Å². The lowest BCUT2D eigenvalue weighted by atomic mass is 10.0. The quantitative estimate of drug-likeness (QED) is 0.632. The highest BCUT2D eigenvalue weighted by Gasteiger charge is 2.45. The molecule has 5 rings (SSSR count). The van der Waals surface area contributed by atoms with Gasteiger partial charge in [-0.1, -0.05) is 11.6 Å². The minimum absolute atomic E-state index is 0.190. The second-order valence-electron chi connectivity index (χ2n) is 7.97. The number of fused-ring (bicyclic) bond motifs is 3. The first-order chi connectivity index (χ1) is 14.4. The molecule has 1 atom stereocenters. The van der Waals surface area contributed by atoms with E-state index in [1.54, 1.807) is 35.2 Å². The highest BCUT2D eigenvalue weighted by molar-refractivity contribution is 6.31. The molecule has 0 bridgehead atoms. The number of halogens is 3. The van der Waals surface area contributed by atoms with Gasteiger partial charge in [0.15, 0.2) is 0 Å². The van der Waals surface area contributed by atoms with E-state index in [0.717, 1.165) is 18.5 Å². The highest BCUT2D eigenvalue weighted by Crippen LogP contribution is 2.40. The predicted molar refractivity (Wildman–Crippen MR) is 111 cm³/mol. The van der Waals surface area contributed by atoms with Crippen LogP contribution < -0.4 is 11.1 Å². The molecule has 0 radical (unpaired) electrons. The van der Waals surface area contributed by atoms with Gasteiger partial charge >= 0.3 is 0 Å². The number of hydrogen-bond donors (Lipinski definition) is 2. The molecule has 2 fully saturated rings. The second kappa shape index (κ2) is 7.35. The number of aromatic nitrogens is 3. The summed E-state index contributed by atoms with van der Waals surface area (Å²) >= 11 is 6.21. The SMILES string of the molecule is N/C(=C\NCc1nc2cnc3ccc(Cl)cc3c2n1C1CCOCC1(F)F)C1CC1. The lowest BCUT2D eigenvalue weighted by Gasteiger charge is -2.33. The van der Waals surface area contributed by atoms with Crippen molar-refractivity contribution in [2.24, 2.45) is 11.7 Å². The molecule has 3 N–H and O–H groups in total. The van der Waals surface area contributed by atoms with Gasteiger partial charge in [0.25, 0.3) is 5.92 Å². The third kappa shape index (κ3) is 3.48. The third-order valence-electron chi connectivity index (χ3n) is 5.76. The van der Waals surface area contributed by atoms with Crippen LogP contribution in [-0.4, -0.2) is 33.7 Å². The summed E-state index contributed by atoms with van der Waals surface area (Å²) < 4.78 is 36.5. The Labute approximate surface area is 177 Å². The molecule has 158 valence electrons. The highest BCUT2D eigenvalue weighted by atomic mass is 35.5. The first kappa shape index (κ1) is 19.5. The molecule has 2 aromatic heterocycles. The van der Waals surface area contributed by atoms with Crippen molar-refractivity contribution in [2.75, 3.05) is 13.2 Å². The van der Waals surface area contributed by atoms with Crippen LogP contribution in [0, 0.1) is 5.92 Å². The molecule has 1 unspecified atom stereocenters. The van der Waals surface area contributed by atoms with Crippen LogP contribution in [0.5, 0.6) is 0 Å². The number of allylic oxidation sites excluding steroid dienone is 1. The van der Waals surface area contributed by atoms with Crippen LogP contribution in [0.3, 0.4) is 0 Å². The van der Waals surface area contributed by atoms with Crippen molar-refractivity contribution in [2.45, 2.75) is 37.8 Å². The summed E-state index contributed by atoms with van der Waals surface area (Å²) in [7, 11) is 0. The minimum atomic E-state index is -3.02. The molecule has 6 nitrogen and oxygen atoms in total. The van der Waals surface area contributed by atoms with Gasteiger partial charge in [0, 0.05) is 28.9 Å². The number of benzene rings is 1. The standard InChI is InChI=1S/C21H22ClF2N5O/c22-13-3-4-16-14(7-13)20-17(9-27-16)28-19(10-26-8-15(25)12-1-2-12)29(20)18-5-6-30-11-21(18,23)24/h3-4,7-9,12,18,26H,1-2,5-6,10-11,25H2/b15-8-. The van der Waals surface area contributed by atoms with Crippen LogP contribution in [0.1, 0.15) is 31.1 Å². The first-order valence-corrected chi connectivity index (χ1v) is 10.4. The Hall–Kier alpha value is -2.45. The maximum absolute atomic E-state index is 14.9. The lowest BCUT2D eigenvalue weighted by molar-refractivity contribution is -0.147. The average Bonchev–Trinajstić information content (AvgIpc) is 3.49. The third-order valence-corrected chi connectivity index (χ3v) is 5.99. The zero-order chi connectivity index (χ0) is 20.9. The van der Waals surface area contributed by atoms with Crippen LogP contribution in [0.4, 0.5) is 8.78 Å². The van der Waals surface area contributed by atoms with E-state index in [-0.39, 0.29) is 19.6 Å². The summed E-state index contributed by atoms with van der Waals surface area (Å²) in [6.45, 7) is -0.0643.